The zero-order valence-electron chi connectivity index (χ0n) is 23.1. The number of hydrogen-bond acceptors (Lipinski definition) is 6. The highest BCUT2D eigenvalue weighted by atomic mass is 16.6. The summed E-state index contributed by atoms with van der Waals surface area (Å²) in [5, 5.41) is 22.8. The highest BCUT2D eigenvalue weighted by Crippen LogP contribution is 2.35. The molecule has 6 heteroatoms. The number of aliphatic hydroxyl groups excluding tert-OH is 2. The Balaban J connectivity index is 1.40. The van der Waals surface area contributed by atoms with E-state index >= 15 is 0 Å². The van der Waals surface area contributed by atoms with Gasteiger partial charge in [-0.1, -0.05) is 121 Å². The van der Waals surface area contributed by atoms with E-state index in [2.05, 4.69) is 0 Å². The lowest BCUT2D eigenvalue weighted by atomic mass is 9.78. The van der Waals surface area contributed by atoms with Gasteiger partial charge in [0.05, 0.1) is 45.2 Å². The zero-order valence-corrected chi connectivity index (χ0v) is 23.1. The lowest BCUT2D eigenvalue weighted by molar-refractivity contribution is -0.254. The van der Waals surface area contributed by atoms with Crippen molar-refractivity contribution in [2.75, 3.05) is 6.61 Å². The van der Waals surface area contributed by atoms with Crippen LogP contribution >= 0.6 is 0 Å². The maximum Gasteiger partial charge on any atom is 0.113 e. The number of aliphatic hydroxyl groups is 2. The van der Waals surface area contributed by atoms with Crippen LogP contribution in [0.3, 0.4) is 0 Å². The Morgan fingerprint density at radius 3 is 1.20 bits per heavy atom. The molecule has 214 valence electrons. The molecule has 4 aromatic rings. The Bertz CT molecular complexity index is 1270. The molecule has 1 aliphatic carbocycles. The van der Waals surface area contributed by atoms with Crippen LogP contribution in [-0.2, 0) is 45.4 Å². The molecule has 0 radical (unpaired) electrons. The van der Waals surface area contributed by atoms with Gasteiger partial charge in [-0.05, 0) is 22.3 Å². The summed E-state index contributed by atoms with van der Waals surface area (Å²) in [6, 6.07) is 39.4. The van der Waals surface area contributed by atoms with Crippen molar-refractivity contribution in [1.82, 2.24) is 0 Å². The summed E-state index contributed by atoms with van der Waals surface area (Å²) < 4.78 is 25.4. The van der Waals surface area contributed by atoms with Crippen molar-refractivity contribution in [3.63, 3.8) is 0 Å². The largest absolute Gasteiger partial charge is 0.388 e. The Labute approximate surface area is 242 Å². The van der Waals surface area contributed by atoms with E-state index < -0.39 is 36.4 Å². The fraction of sp³-hybridized carbons (Fsp3) is 0.314. The molecule has 2 N–H and O–H groups in total. The van der Waals surface area contributed by atoms with Crippen LogP contribution < -0.4 is 0 Å². The lowest BCUT2D eigenvalue weighted by Crippen LogP contribution is -2.64. The van der Waals surface area contributed by atoms with Crippen molar-refractivity contribution in [2.45, 2.75) is 56.9 Å². The van der Waals surface area contributed by atoms with Crippen molar-refractivity contribution >= 4 is 0 Å². The summed E-state index contributed by atoms with van der Waals surface area (Å²) in [6.07, 6.45) is -4.55. The Morgan fingerprint density at radius 2 is 0.756 bits per heavy atom. The molecular weight excluding hydrogens is 516 g/mol. The summed E-state index contributed by atoms with van der Waals surface area (Å²) in [7, 11) is 0. The Morgan fingerprint density at radius 1 is 0.415 bits per heavy atom. The molecule has 0 aliphatic heterocycles. The minimum Gasteiger partial charge on any atom is -0.388 e. The molecule has 1 saturated carbocycles. The normalized spacial score (nSPS) is 24.2. The number of rotatable bonds is 13. The van der Waals surface area contributed by atoms with Crippen molar-refractivity contribution in [3.05, 3.63) is 144 Å². The first kappa shape index (κ1) is 29.1. The third-order valence-electron chi connectivity index (χ3n) is 7.47. The molecule has 0 heterocycles. The predicted octanol–water partition coefficient (Wildman–Crippen LogP) is 5.31. The monoisotopic (exact) mass is 554 g/mol. The average Bonchev–Trinajstić information content (AvgIpc) is 3.03. The minimum absolute atomic E-state index is 0.253. The van der Waals surface area contributed by atoms with Gasteiger partial charge in [-0.2, -0.15) is 0 Å². The quantitative estimate of drug-likeness (QED) is 0.233. The van der Waals surface area contributed by atoms with Crippen LogP contribution in [0.4, 0.5) is 0 Å². The standard InChI is InChI=1S/C35H38O6/c36-31-32(37)35(41-24-29-19-11-4-12-20-29)34(40-23-28-17-9-3-10-18-28)30(25-38-21-26-13-5-1-6-14-26)33(31)39-22-27-15-7-2-8-16-27/h1-20,30-37H,21-25H2/t30-,31+,32-,33-,34+,35+/m0/s1. The second-order valence-corrected chi connectivity index (χ2v) is 10.4. The lowest BCUT2D eigenvalue weighted by Gasteiger charge is -2.47. The molecular formula is C35H38O6. The molecule has 6 nitrogen and oxygen atoms in total. The molecule has 41 heavy (non-hydrogen) atoms. The fourth-order valence-corrected chi connectivity index (χ4v) is 5.28. The van der Waals surface area contributed by atoms with Crippen LogP contribution in [0.1, 0.15) is 22.3 Å². The Hall–Kier alpha value is -3.36. The van der Waals surface area contributed by atoms with Crippen molar-refractivity contribution in [2.24, 2.45) is 5.92 Å². The van der Waals surface area contributed by atoms with Gasteiger partial charge in [0, 0.05) is 5.92 Å². The van der Waals surface area contributed by atoms with E-state index in [0.717, 1.165) is 22.3 Å². The van der Waals surface area contributed by atoms with Crippen LogP contribution in [0.2, 0.25) is 0 Å². The molecule has 1 fully saturated rings. The van der Waals surface area contributed by atoms with Gasteiger partial charge in [0.2, 0.25) is 0 Å². The topological polar surface area (TPSA) is 77.4 Å². The number of benzene rings is 4. The van der Waals surface area contributed by atoms with Gasteiger partial charge in [-0.25, -0.2) is 0 Å². The average molecular weight is 555 g/mol. The molecule has 0 saturated heterocycles. The van der Waals surface area contributed by atoms with E-state index in [0.29, 0.717) is 13.2 Å². The van der Waals surface area contributed by atoms with Gasteiger partial charge in [0.1, 0.15) is 18.3 Å². The molecule has 4 aromatic carbocycles. The SMILES string of the molecule is O[C@@H]1[C@H](O)[C@@H](OCc2ccccc2)[C@H](OCc2ccccc2)[C@@H](COCc2ccccc2)[C@@H]1OCc1ccccc1. The highest BCUT2D eigenvalue weighted by molar-refractivity contribution is 5.16. The van der Waals surface area contributed by atoms with Crippen molar-refractivity contribution < 1.29 is 29.2 Å². The molecule has 6 atom stereocenters. The first-order valence-electron chi connectivity index (χ1n) is 14.1. The first-order valence-corrected chi connectivity index (χ1v) is 14.1. The van der Waals surface area contributed by atoms with Crippen LogP contribution in [0.5, 0.6) is 0 Å². The van der Waals surface area contributed by atoms with E-state index in [1.54, 1.807) is 0 Å². The van der Waals surface area contributed by atoms with Gasteiger partial charge in [0.25, 0.3) is 0 Å². The van der Waals surface area contributed by atoms with E-state index in [9.17, 15) is 10.2 Å². The second-order valence-electron chi connectivity index (χ2n) is 10.4. The van der Waals surface area contributed by atoms with E-state index in [-0.39, 0.29) is 19.8 Å². The van der Waals surface area contributed by atoms with Gasteiger partial charge < -0.3 is 29.2 Å². The molecule has 0 aromatic heterocycles. The third-order valence-corrected chi connectivity index (χ3v) is 7.47. The van der Waals surface area contributed by atoms with Gasteiger partial charge in [-0.15, -0.1) is 0 Å². The molecule has 1 aliphatic rings. The predicted molar refractivity (Wildman–Crippen MR) is 157 cm³/mol. The molecule has 0 amide bonds. The molecule has 5 rings (SSSR count). The van der Waals surface area contributed by atoms with Gasteiger partial charge in [-0.3, -0.25) is 0 Å². The maximum absolute atomic E-state index is 11.4. The second kappa shape index (κ2) is 15.0. The summed E-state index contributed by atoms with van der Waals surface area (Å²) in [6.45, 7) is 1.53. The van der Waals surface area contributed by atoms with Gasteiger partial charge >= 0.3 is 0 Å². The first-order chi connectivity index (χ1) is 20.2. The summed E-state index contributed by atoms with van der Waals surface area (Å²) in [5.74, 6) is -0.412. The smallest absolute Gasteiger partial charge is 0.113 e. The molecule has 0 bridgehead atoms. The van der Waals surface area contributed by atoms with Crippen LogP contribution in [0.15, 0.2) is 121 Å². The number of ether oxygens (including phenoxy) is 4. The maximum atomic E-state index is 11.4. The van der Waals surface area contributed by atoms with Crippen LogP contribution in [0.25, 0.3) is 0 Å². The van der Waals surface area contributed by atoms with E-state index in [1.807, 2.05) is 121 Å². The molecule has 0 spiro atoms. The molecule has 0 unspecified atom stereocenters. The van der Waals surface area contributed by atoms with Gasteiger partial charge in [0.15, 0.2) is 0 Å². The van der Waals surface area contributed by atoms with Crippen molar-refractivity contribution in [1.29, 1.82) is 0 Å². The third kappa shape index (κ3) is 8.11. The Kier molecular flexibility index (Phi) is 10.7. The fourth-order valence-electron chi connectivity index (χ4n) is 5.28. The van der Waals surface area contributed by atoms with E-state index in [1.165, 1.54) is 0 Å². The summed E-state index contributed by atoms with van der Waals surface area (Å²) in [4.78, 5) is 0. The summed E-state index contributed by atoms with van der Waals surface area (Å²) in [5.41, 5.74) is 3.99. The minimum atomic E-state index is -1.22. The van der Waals surface area contributed by atoms with Crippen LogP contribution in [0, 0.1) is 5.92 Å². The van der Waals surface area contributed by atoms with Crippen molar-refractivity contribution in [3.8, 4) is 0 Å². The number of hydrogen-bond donors (Lipinski definition) is 2. The van der Waals surface area contributed by atoms with Crippen LogP contribution in [-0.4, -0.2) is 47.3 Å². The highest BCUT2D eigenvalue weighted by Gasteiger charge is 2.52. The zero-order chi connectivity index (χ0) is 28.3. The summed E-state index contributed by atoms with van der Waals surface area (Å²) >= 11 is 0. The van der Waals surface area contributed by atoms with E-state index in [4.69, 9.17) is 18.9 Å².